The van der Waals surface area contributed by atoms with E-state index in [0.29, 0.717) is 11.4 Å². The van der Waals surface area contributed by atoms with Crippen molar-refractivity contribution >= 4 is 40.9 Å². The van der Waals surface area contributed by atoms with Gasteiger partial charge in [0, 0.05) is 16.3 Å². The van der Waals surface area contributed by atoms with E-state index in [9.17, 15) is 14.4 Å². The Morgan fingerprint density at radius 2 is 1.52 bits per heavy atom. The van der Waals surface area contributed by atoms with Crippen LogP contribution in [0.3, 0.4) is 0 Å². The molecule has 0 spiro atoms. The molecule has 0 aliphatic rings. The predicted octanol–water partition coefficient (Wildman–Crippen LogP) is 3.06. The minimum absolute atomic E-state index is 0.241. The number of nitriles is 1. The zero-order valence-electron chi connectivity index (χ0n) is 14.5. The average molecular weight is 383 g/mol. The van der Waals surface area contributed by atoms with Gasteiger partial charge in [0.15, 0.2) is 6.61 Å². The summed E-state index contributed by atoms with van der Waals surface area (Å²) in [5.41, 5.74) is 1.31. The first kappa shape index (κ1) is 20.0. The van der Waals surface area contributed by atoms with Gasteiger partial charge in [0.25, 0.3) is 5.91 Å². The summed E-state index contributed by atoms with van der Waals surface area (Å²) in [6.45, 7) is -0.413. The quantitative estimate of drug-likeness (QED) is 0.562. The number of hydrogen-bond acceptors (Lipinski definition) is 6. The molecule has 0 atom stereocenters. The first-order valence-corrected chi connectivity index (χ1v) is 9.12. The first-order chi connectivity index (χ1) is 13.0. The van der Waals surface area contributed by atoms with Crippen molar-refractivity contribution in [3.8, 4) is 6.07 Å². The standard InChI is InChI=1S/C19H17N3O4S/c1-27-16-8-6-15(7-9-16)22-18(24)12-26-19(25)13-2-4-14(5-3-13)21-17(23)10-11-20/h2-9H,10,12H2,1H3,(H,21,23)(H,22,24). The molecule has 0 unspecified atom stereocenters. The van der Waals surface area contributed by atoms with Gasteiger partial charge in [-0.2, -0.15) is 5.26 Å². The summed E-state index contributed by atoms with van der Waals surface area (Å²) >= 11 is 1.60. The number of rotatable bonds is 7. The third kappa shape index (κ3) is 6.49. The van der Waals surface area contributed by atoms with Crippen LogP contribution >= 0.6 is 11.8 Å². The number of hydrogen-bond donors (Lipinski definition) is 2. The second kappa shape index (κ2) is 9.99. The number of thioether (sulfide) groups is 1. The molecule has 2 aromatic carbocycles. The summed E-state index contributed by atoms with van der Waals surface area (Å²) < 4.78 is 4.98. The fourth-order valence-electron chi connectivity index (χ4n) is 2.05. The molecule has 0 heterocycles. The maximum atomic E-state index is 12.0. The third-order valence-electron chi connectivity index (χ3n) is 3.35. The van der Waals surface area contributed by atoms with Crippen LogP contribution in [-0.4, -0.2) is 30.6 Å². The van der Waals surface area contributed by atoms with Crippen LogP contribution in [0.2, 0.25) is 0 Å². The summed E-state index contributed by atoms with van der Waals surface area (Å²) in [4.78, 5) is 36.3. The second-order valence-electron chi connectivity index (χ2n) is 5.31. The first-order valence-electron chi connectivity index (χ1n) is 7.89. The van der Waals surface area contributed by atoms with Crippen molar-refractivity contribution in [2.75, 3.05) is 23.5 Å². The highest BCUT2D eigenvalue weighted by atomic mass is 32.2. The lowest BCUT2D eigenvalue weighted by Gasteiger charge is -2.08. The zero-order chi connectivity index (χ0) is 19.6. The van der Waals surface area contributed by atoms with Gasteiger partial charge in [-0.1, -0.05) is 0 Å². The molecule has 8 heteroatoms. The molecular formula is C19H17N3O4S. The zero-order valence-corrected chi connectivity index (χ0v) is 15.3. The van der Waals surface area contributed by atoms with Gasteiger partial charge >= 0.3 is 5.97 Å². The largest absolute Gasteiger partial charge is 0.452 e. The summed E-state index contributed by atoms with van der Waals surface area (Å²) in [7, 11) is 0. The third-order valence-corrected chi connectivity index (χ3v) is 4.10. The van der Waals surface area contributed by atoms with Crippen molar-refractivity contribution in [1.82, 2.24) is 0 Å². The Hall–Kier alpha value is -3.31. The van der Waals surface area contributed by atoms with Gasteiger partial charge in [-0.3, -0.25) is 9.59 Å². The summed E-state index contributed by atoms with van der Waals surface area (Å²) in [5, 5.41) is 13.6. The Bertz CT molecular complexity index is 858. The summed E-state index contributed by atoms with van der Waals surface area (Å²) in [6, 6.07) is 15.0. The monoisotopic (exact) mass is 383 g/mol. The van der Waals surface area contributed by atoms with Crippen molar-refractivity contribution < 1.29 is 19.1 Å². The molecule has 0 saturated heterocycles. The molecule has 2 aromatic rings. The smallest absolute Gasteiger partial charge is 0.338 e. The van der Waals surface area contributed by atoms with Crippen LogP contribution in [-0.2, 0) is 14.3 Å². The van der Waals surface area contributed by atoms with Gasteiger partial charge in [0.1, 0.15) is 6.42 Å². The topological polar surface area (TPSA) is 108 Å². The van der Waals surface area contributed by atoms with E-state index in [2.05, 4.69) is 10.6 Å². The maximum Gasteiger partial charge on any atom is 0.338 e. The highest BCUT2D eigenvalue weighted by molar-refractivity contribution is 7.98. The van der Waals surface area contributed by atoms with Crippen LogP contribution in [0.25, 0.3) is 0 Å². The number of benzene rings is 2. The van der Waals surface area contributed by atoms with Crippen LogP contribution in [0, 0.1) is 11.3 Å². The molecule has 0 aliphatic carbocycles. The van der Waals surface area contributed by atoms with Crippen molar-refractivity contribution in [3.05, 3.63) is 54.1 Å². The van der Waals surface area contributed by atoms with Crippen molar-refractivity contribution in [3.63, 3.8) is 0 Å². The molecule has 0 saturated carbocycles. The molecule has 138 valence electrons. The molecule has 2 N–H and O–H groups in total. The number of ether oxygens (including phenoxy) is 1. The number of carbonyl (C=O) groups excluding carboxylic acids is 3. The van der Waals surface area contributed by atoms with E-state index >= 15 is 0 Å². The van der Waals surface area contributed by atoms with E-state index in [0.717, 1.165) is 4.90 Å². The Morgan fingerprint density at radius 3 is 2.07 bits per heavy atom. The van der Waals surface area contributed by atoms with Gasteiger partial charge in [-0.05, 0) is 54.8 Å². The molecule has 27 heavy (non-hydrogen) atoms. The summed E-state index contributed by atoms with van der Waals surface area (Å²) in [5.74, 6) is -1.53. The van der Waals surface area contributed by atoms with E-state index in [1.807, 2.05) is 18.4 Å². The van der Waals surface area contributed by atoms with E-state index < -0.39 is 24.4 Å². The number of carbonyl (C=O) groups is 3. The maximum absolute atomic E-state index is 12.0. The number of anilines is 2. The molecule has 0 radical (unpaired) electrons. The van der Waals surface area contributed by atoms with Gasteiger partial charge in [0.05, 0.1) is 11.6 Å². The van der Waals surface area contributed by atoms with Crippen molar-refractivity contribution in [2.45, 2.75) is 11.3 Å². The highest BCUT2D eigenvalue weighted by Gasteiger charge is 2.11. The van der Waals surface area contributed by atoms with Crippen molar-refractivity contribution in [2.24, 2.45) is 0 Å². The Kier molecular flexibility index (Phi) is 7.40. The minimum atomic E-state index is -0.655. The van der Waals surface area contributed by atoms with E-state index in [1.54, 1.807) is 30.0 Å². The van der Waals surface area contributed by atoms with Crippen LogP contribution in [0.1, 0.15) is 16.8 Å². The number of esters is 1. The Morgan fingerprint density at radius 1 is 0.963 bits per heavy atom. The lowest BCUT2D eigenvalue weighted by molar-refractivity contribution is -0.119. The molecule has 2 amide bonds. The lowest BCUT2D eigenvalue weighted by atomic mass is 10.2. The SMILES string of the molecule is CSc1ccc(NC(=O)COC(=O)c2ccc(NC(=O)CC#N)cc2)cc1. The van der Waals surface area contributed by atoms with Gasteiger partial charge < -0.3 is 15.4 Å². The molecular weight excluding hydrogens is 366 g/mol. The number of nitrogens with zero attached hydrogens (tertiary/aromatic N) is 1. The number of amides is 2. The highest BCUT2D eigenvalue weighted by Crippen LogP contribution is 2.17. The summed E-state index contributed by atoms with van der Waals surface area (Å²) in [6.07, 6.45) is 1.71. The molecule has 7 nitrogen and oxygen atoms in total. The van der Waals surface area contributed by atoms with Gasteiger partial charge in [-0.25, -0.2) is 4.79 Å². The van der Waals surface area contributed by atoms with Crippen LogP contribution < -0.4 is 10.6 Å². The lowest BCUT2D eigenvalue weighted by Crippen LogP contribution is -2.20. The second-order valence-corrected chi connectivity index (χ2v) is 6.19. The fraction of sp³-hybridized carbons (Fsp3) is 0.158. The molecule has 2 rings (SSSR count). The Labute approximate surface area is 160 Å². The minimum Gasteiger partial charge on any atom is -0.452 e. The molecule has 0 bridgehead atoms. The predicted molar refractivity (Wildman–Crippen MR) is 102 cm³/mol. The van der Waals surface area contributed by atoms with E-state index in [4.69, 9.17) is 10.00 Å². The number of nitrogens with one attached hydrogen (secondary N) is 2. The normalized spacial score (nSPS) is 9.78. The van der Waals surface area contributed by atoms with Crippen LogP contribution in [0.5, 0.6) is 0 Å². The van der Waals surface area contributed by atoms with Crippen molar-refractivity contribution in [1.29, 1.82) is 5.26 Å². The van der Waals surface area contributed by atoms with Crippen LogP contribution in [0.4, 0.5) is 11.4 Å². The average Bonchev–Trinajstić information content (AvgIpc) is 2.67. The van der Waals surface area contributed by atoms with Gasteiger partial charge in [-0.15, -0.1) is 11.8 Å². The van der Waals surface area contributed by atoms with Crippen LogP contribution in [0.15, 0.2) is 53.4 Å². The molecule has 0 aliphatic heterocycles. The fourth-order valence-corrected chi connectivity index (χ4v) is 2.46. The molecule has 0 aromatic heterocycles. The Balaban J connectivity index is 1.82. The van der Waals surface area contributed by atoms with E-state index in [-0.39, 0.29) is 12.0 Å². The van der Waals surface area contributed by atoms with E-state index in [1.165, 1.54) is 24.3 Å². The molecule has 0 fully saturated rings. The van der Waals surface area contributed by atoms with Gasteiger partial charge in [0.2, 0.25) is 5.91 Å².